The van der Waals surface area contributed by atoms with E-state index in [-0.39, 0.29) is 17.9 Å². The Morgan fingerprint density at radius 1 is 1.09 bits per heavy atom. The molecule has 0 saturated carbocycles. The van der Waals surface area contributed by atoms with E-state index in [1.54, 1.807) is 4.68 Å². The Morgan fingerprint density at radius 2 is 1.84 bits per heavy atom. The number of hydrogen-bond acceptors (Lipinski definition) is 5. The molecular weight excluding hydrogens is 404 g/mol. The molecule has 2 atom stereocenters. The highest BCUT2D eigenvalue weighted by molar-refractivity contribution is 5.78. The fraction of sp³-hybridized carbons (Fsp3) is 0.400. The average Bonchev–Trinajstić information content (AvgIpc) is 3.13. The number of carbonyl (C=O) groups excluding carboxylic acids is 1. The topological polar surface area (TPSA) is 78.3 Å². The summed E-state index contributed by atoms with van der Waals surface area (Å²) in [7, 11) is 0. The number of benzene rings is 2. The van der Waals surface area contributed by atoms with Crippen LogP contribution in [0.5, 0.6) is 11.5 Å². The van der Waals surface area contributed by atoms with Crippen molar-refractivity contribution in [1.82, 2.24) is 20.1 Å². The van der Waals surface area contributed by atoms with E-state index >= 15 is 0 Å². The summed E-state index contributed by atoms with van der Waals surface area (Å²) in [5.74, 6) is 2.76. The van der Waals surface area contributed by atoms with Crippen LogP contribution in [-0.4, -0.2) is 33.9 Å². The molecule has 0 bridgehead atoms. The van der Waals surface area contributed by atoms with E-state index in [9.17, 15) is 4.79 Å². The average molecular weight is 435 g/mol. The largest absolute Gasteiger partial charge is 0.486 e. The number of hydrogen-bond donors (Lipinski definition) is 1. The standard InChI is InChI=1S/C25H30N4O3/c1-17(16-29-19(3)26-18(2)28-29)25(30)27-22(11-9-20-7-5-4-6-8-20)21-10-12-23-24(15-21)32-14-13-31-23/h4-8,10,12,15,17,22H,9,11,13-14,16H2,1-3H3,(H,27,30)/t17-,22+/m0/s1. The molecule has 7 nitrogen and oxygen atoms in total. The maximum atomic E-state index is 13.1. The van der Waals surface area contributed by atoms with Crippen molar-refractivity contribution in [1.29, 1.82) is 0 Å². The molecule has 1 amide bonds. The highest BCUT2D eigenvalue weighted by atomic mass is 16.6. The third-order valence-corrected chi connectivity index (χ3v) is 5.71. The van der Waals surface area contributed by atoms with Gasteiger partial charge in [0.1, 0.15) is 24.9 Å². The summed E-state index contributed by atoms with van der Waals surface area (Å²) in [6, 6.07) is 16.1. The maximum Gasteiger partial charge on any atom is 0.225 e. The number of amides is 1. The molecule has 4 rings (SSSR count). The first-order valence-corrected chi connectivity index (χ1v) is 11.1. The maximum absolute atomic E-state index is 13.1. The molecule has 168 valence electrons. The summed E-state index contributed by atoms with van der Waals surface area (Å²) < 4.78 is 13.2. The van der Waals surface area contributed by atoms with Crippen molar-refractivity contribution in [3.05, 3.63) is 71.3 Å². The van der Waals surface area contributed by atoms with Gasteiger partial charge >= 0.3 is 0 Å². The number of nitrogens with zero attached hydrogens (tertiary/aromatic N) is 3. The Hall–Kier alpha value is -3.35. The molecule has 7 heteroatoms. The van der Waals surface area contributed by atoms with Crippen LogP contribution in [0.1, 0.15) is 42.2 Å². The van der Waals surface area contributed by atoms with Gasteiger partial charge in [0.05, 0.1) is 18.5 Å². The van der Waals surface area contributed by atoms with Crippen LogP contribution < -0.4 is 14.8 Å². The van der Waals surface area contributed by atoms with Gasteiger partial charge in [0.25, 0.3) is 0 Å². The lowest BCUT2D eigenvalue weighted by Crippen LogP contribution is -2.35. The van der Waals surface area contributed by atoms with E-state index in [0.29, 0.717) is 25.6 Å². The van der Waals surface area contributed by atoms with Gasteiger partial charge in [-0.3, -0.25) is 4.79 Å². The molecule has 0 unspecified atom stereocenters. The molecule has 1 aromatic heterocycles. The second-order valence-electron chi connectivity index (χ2n) is 8.28. The van der Waals surface area contributed by atoms with Crippen LogP contribution in [-0.2, 0) is 17.8 Å². The van der Waals surface area contributed by atoms with Gasteiger partial charge in [0.15, 0.2) is 11.5 Å². The highest BCUT2D eigenvalue weighted by Gasteiger charge is 2.22. The molecule has 0 fully saturated rings. The van der Waals surface area contributed by atoms with Gasteiger partial charge in [-0.15, -0.1) is 0 Å². The predicted octanol–water partition coefficient (Wildman–Crippen LogP) is 3.79. The molecule has 0 saturated heterocycles. The van der Waals surface area contributed by atoms with Crippen molar-refractivity contribution in [2.75, 3.05) is 13.2 Å². The van der Waals surface area contributed by atoms with Gasteiger partial charge in [-0.1, -0.05) is 43.3 Å². The van der Waals surface area contributed by atoms with Crippen LogP contribution >= 0.6 is 0 Å². The zero-order valence-electron chi connectivity index (χ0n) is 18.9. The SMILES string of the molecule is Cc1nc(C)n(C[C@H](C)C(=O)N[C@H](CCc2ccccc2)c2ccc3c(c2)OCCO3)n1. The Kier molecular flexibility index (Phi) is 6.73. The lowest BCUT2D eigenvalue weighted by atomic mass is 9.97. The second-order valence-corrected chi connectivity index (χ2v) is 8.28. The number of fused-ring (bicyclic) bond motifs is 1. The first-order chi connectivity index (χ1) is 15.5. The quantitative estimate of drug-likeness (QED) is 0.584. The molecular formula is C25H30N4O3. The number of carbonyl (C=O) groups is 1. The fourth-order valence-electron chi connectivity index (χ4n) is 3.95. The smallest absolute Gasteiger partial charge is 0.225 e. The van der Waals surface area contributed by atoms with E-state index in [4.69, 9.17) is 9.47 Å². The number of ether oxygens (including phenoxy) is 2. The Bertz CT molecular complexity index is 1060. The Morgan fingerprint density at radius 3 is 2.56 bits per heavy atom. The van der Waals surface area contributed by atoms with E-state index < -0.39 is 0 Å². The van der Waals surface area contributed by atoms with E-state index in [2.05, 4.69) is 27.5 Å². The molecule has 1 aliphatic heterocycles. The van der Waals surface area contributed by atoms with Crippen LogP contribution in [0.3, 0.4) is 0 Å². The van der Waals surface area contributed by atoms with Gasteiger partial charge < -0.3 is 14.8 Å². The Labute approximate surface area is 188 Å². The first-order valence-electron chi connectivity index (χ1n) is 11.1. The lowest BCUT2D eigenvalue weighted by molar-refractivity contribution is -0.125. The van der Waals surface area contributed by atoms with Crippen molar-refractivity contribution in [2.24, 2.45) is 5.92 Å². The van der Waals surface area contributed by atoms with Gasteiger partial charge in [0.2, 0.25) is 5.91 Å². The zero-order valence-corrected chi connectivity index (χ0v) is 18.9. The number of nitrogens with one attached hydrogen (secondary N) is 1. The Balaban J connectivity index is 1.50. The van der Waals surface area contributed by atoms with Crippen molar-refractivity contribution >= 4 is 5.91 Å². The minimum atomic E-state index is -0.244. The third-order valence-electron chi connectivity index (χ3n) is 5.71. The summed E-state index contributed by atoms with van der Waals surface area (Å²) in [6.45, 7) is 7.26. The van der Waals surface area contributed by atoms with E-state index in [1.807, 2.05) is 57.2 Å². The van der Waals surface area contributed by atoms with Crippen LogP contribution in [0.25, 0.3) is 0 Å². The normalized spacial score (nSPS) is 14.6. The molecule has 2 heterocycles. The number of aromatic nitrogens is 3. The fourth-order valence-corrected chi connectivity index (χ4v) is 3.95. The van der Waals surface area contributed by atoms with Crippen molar-refractivity contribution < 1.29 is 14.3 Å². The van der Waals surface area contributed by atoms with Gasteiger partial charge in [-0.2, -0.15) is 5.10 Å². The number of aryl methyl sites for hydroxylation is 3. The van der Waals surface area contributed by atoms with Crippen molar-refractivity contribution in [3.63, 3.8) is 0 Å². The molecule has 0 spiro atoms. The van der Waals surface area contributed by atoms with Gasteiger partial charge in [-0.25, -0.2) is 9.67 Å². The van der Waals surface area contributed by atoms with Crippen LogP contribution in [0.4, 0.5) is 0 Å². The second kappa shape index (κ2) is 9.85. The van der Waals surface area contributed by atoms with Gasteiger partial charge in [0, 0.05) is 0 Å². The molecule has 3 aromatic rings. The highest BCUT2D eigenvalue weighted by Crippen LogP contribution is 2.33. The number of rotatable bonds is 8. The van der Waals surface area contributed by atoms with Gasteiger partial charge in [-0.05, 0) is 49.9 Å². The molecule has 1 N–H and O–H groups in total. The van der Waals surface area contributed by atoms with E-state index in [0.717, 1.165) is 35.7 Å². The molecule has 0 radical (unpaired) electrons. The van der Waals surface area contributed by atoms with Crippen LogP contribution in [0, 0.1) is 19.8 Å². The van der Waals surface area contributed by atoms with Crippen LogP contribution in [0.15, 0.2) is 48.5 Å². The molecule has 0 aliphatic carbocycles. The minimum absolute atomic E-state index is 0.00879. The lowest BCUT2D eigenvalue weighted by Gasteiger charge is -2.24. The summed E-state index contributed by atoms with van der Waals surface area (Å²) in [5.41, 5.74) is 2.25. The van der Waals surface area contributed by atoms with Crippen molar-refractivity contribution in [3.8, 4) is 11.5 Å². The minimum Gasteiger partial charge on any atom is -0.486 e. The summed E-state index contributed by atoms with van der Waals surface area (Å²) in [4.78, 5) is 17.5. The molecule has 2 aromatic carbocycles. The summed E-state index contributed by atoms with van der Waals surface area (Å²) in [6.07, 6.45) is 1.64. The van der Waals surface area contributed by atoms with Crippen molar-refractivity contribution in [2.45, 2.75) is 46.2 Å². The predicted molar refractivity (Wildman–Crippen MR) is 122 cm³/mol. The third kappa shape index (κ3) is 5.28. The monoisotopic (exact) mass is 434 g/mol. The first kappa shape index (κ1) is 21.9. The zero-order chi connectivity index (χ0) is 22.5. The summed E-state index contributed by atoms with van der Waals surface area (Å²) >= 11 is 0. The molecule has 32 heavy (non-hydrogen) atoms. The van der Waals surface area contributed by atoms with Crippen LogP contribution in [0.2, 0.25) is 0 Å². The summed E-state index contributed by atoms with van der Waals surface area (Å²) in [5, 5.41) is 7.65. The van der Waals surface area contributed by atoms with E-state index in [1.165, 1.54) is 5.56 Å². The molecule has 1 aliphatic rings.